The maximum Gasteiger partial charge on any atom is 0.132 e. The summed E-state index contributed by atoms with van der Waals surface area (Å²) in [6.45, 7) is 7.60. The average molecular weight is 312 g/mol. The third kappa shape index (κ3) is 6.14. The molecule has 1 rings (SSSR count). The van der Waals surface area contributed by atoms with Gasteiger partial charge in [-0.05, 0) is 27.7 Å². The molecule has 1 aromatic heterocycles. The van der Waals surface area contributed by atoms with Crippen LogP contribution in [0.4, 0.5) is 0 Å². The van der Waals surface area contributed by atoms with E-state index < -0.39 is 5.60 Å². The summed E-state index contributed by atoms with van der Waals surface area (Å²) in [5.41, 5.74) is 0.435. The number of hydrogen-bond donors (Lipinski definition) is 3. The van der Waals surface area contributed by atoms with E-state index in [1.165, 1.54) is 6.21 Å². The Labute approximate surface area is 130 Å². The highest BCUT2D eigenvalue weighted by Crippen LogP contribution is 2.27. The van der Waals surface area contributed by atoms with Gasteiger partial charge in [-0.15, -0.1) is 0 Å². The summed E-state index contributed by atoms with van der Waals surface area (Å²) in [5.74, 6) is 0.574. The third-order valence-electron chi connectivity index (χ3n) is 2.45. The second-order valence-corrected chi connectivity index (χ2v) is 5.99. The summed E-state index contributed by atoms with van der Waals surface area (Å²) < 4.78 is 5.71. The molecule has 0 aliphatic heterocycles. The lowest BCUT2D eigenvalue weighted by Gasteiger charge is -2.18. The minimum atomic E-state index is -0.834. The van der Waals surface area contributed by atoms with Crippen LogP contribution in [0.2, 0.25) is 5.15 Å². The second-order valence-electron chi connectivity index (χ2n) is 5.61. The smallest absolute Gasteiger partial charge is 0.132 e. The molecule has 0 spiro atoms. The number of nitrogens with zero attached hydrogens (tertiary/aromatic N) is 1. The van der Waals surface area contributed by atoms with E-state index in [2.05, 4.69) is 10.3 Å². The number of hydrogen-bond acceptors (Lipinski definition) is 5. The molecule has 0 atom stereocenters. The Morgan fingerprint density at radius 1 is 1.57 bits per heavy atom. The minimum absolute atomic E-state index is 0.0152. The van der Waals surface area contributed by atoms with Crippen LogP contribution in [-0.4, -0.2) is 34.6 Å². The molecule has 6 heteroatoms. The summed E-state index contributed by atoms with van der Waals surface area (Å²) in [6.07, 6.45) is 4.42. The van der Waals surface area contributed by atoms with Gasteiger partial charge in [-0.2, -0.15) is 0 Å². The van der Waals surface area contributed by atoms with Crippen LogP contribution in [0, 0.1) is 5.41 Å². The largest absolute Gasteiger partial charge is 0.490 e. The van der Waals surface area contributed by atoms with Crippen LogP contribution in [0.5, 0.6) is 5.75 Å². The van der Waals surface area contributed by atoms with E-state index in [9.17, 15) is 5.11 Å². The van der Waals surface area contributed by atoms with E-state index in [0.717, 1.165) is 0 Å². The van der Waals surface area contributed by atoms with E-state index >= 15 is 0 Å². The molecule has 3 N–H and O–H groups in total. The van der Waals surface area contributed by atoms with E-state index in [0.29, 0.717) is 28.6 Å². The Balaban J connectivity index is 3.04. The molecule has 0 saturated heterocycles. The van der Waals surface area contributed by atoms with Gasteiger partial charge < -0.3 is 20.6 Å². The zero-order valence-electron chi connectivity index (χ0n) is 12.8. The number of rotatable bonds is 7. The molecule has 0 aromatic carbocycles. The molecule has 21 heavy (non-hydrogen) atoms. The summed E-state index contributed by atoms with van der Waals surface area (Å²) in [4.78, 5) is 4.04. The van der Waals surface area contributed by atoms with Gasteiger partial charge in [-0.3, -0.25) is 0 Å². The Bertz CT molecular complexity index is 522. The maximum atomic E-state index is 9.68. The van der Waals surface area contributed by atoms with Crippen molar-refractivity contribution in [1.29, 1.82) is 5.41 Å². The number of allylic oxidation sites excluding steroid dienone is 1. The predicted molar refractivity (Wildman–Crippen MR) is 86.1 cm³/mol. The third-order valence-corrected chi connectivity index (χ3v) is 2.66. The van der Waals surface area contributed by atoms with Gasteiger partial charge in [0.05, 0.1) is 11.7 Å². The average Bonchev–Trinajstić information content (AvgIpc) is 2.34. The lowest BCUT2D eigenvalue weighted by Crippen LogP contribution is -2.32. The van der Waals surface area contributed by atoms with Gasteiger partial charge in [0.25, 0.3) is 0 Å². The van der Waals surface area contributed by atoms with Crippen LogP contribution in [-0.2, 0) is 0 Å². The normalized spacial score (nSPS) is 12.4. The lowest BCUT2D eigenvalue weighted by atomic mass is 10.1. The molecular weight excluding hydrogens is 290 g/mol. The lowest BCUT2D eigenvalue weighted by molar-refractivity contribution is 0.0836. The monoisotopic (exact) mass is 311 g/mol. The topological polar surface area (TPSA) is 78.2 Å². The van der Waals surface area contributed by atoms with E-state index in [1.807, 2.05) is 13.8 Å². The van der Waals surface area contributed by atoms with Crippen LogP contribution >= 0.6 is 11.6 Å². The molecule has 0 aliphatic carbocycles. The minimum Gasteiger partial charge on any atom is -0.490 e. The van der Waals surface area contributed by atoms with Crippen molar-refractivity contribution < 1.29 is 9.84 Å². The van der Waals surface area contributed by atoms with Crippen molar-refractivity contribution in [3.63, 3.8) is 0 Å². The molecule has 0 bridgehead atoms. The number of pyridine rings is 1. The van der Waals surface area contributed by atoms with Gasteiger partial charge in [0, 0.05) is 42.4 Å². The molecular formula is C15H22ClN3O2. The maximum absolute atomic E-state index is 9.68. The molecule has 116 valence electrons. The summed E-state index contributed by atoms with van der Waals surface area (Å²) in [6, 6.07) is 1.63. The standard InChI is InChI=1S/C15H22ClN3O2/c1-10(2)21-13-5-14(16)19-8-12(13)11(6-17)7-18-9-15(3,4)20/h5-8,10,17-18,20H,9H2,1-4H3/b11-7+,17-6?. The van der Waals surface area contributed by atoms with Crippen molar-refractivity contribution in [2.24, 2.45) is 0 Å². The van der Waals surface area contributed by atoms with Gasteiger partial charge in [0.2, 0.25) is 0 Å². The summed E-state index contributed by atoms with van der Waals surface area (Å²) >= 11 is 5.90. The van der Waals surface area contributed by atoms with Crippen molar-refractivity contribution in [3.05, 3.63) is 29.2 Å². The second kappa shape index (κ2) is 7.43. The van der Waals surface area contributed by atoms with Crippen molar-refractivity contribution in [3.8, 4) is 5.75 Å². The molecule has 0 saturated carbocycles. The Morgan fingerprint density at radius 3 is 2.76 bits per heavy atom. The van der Waals surface area contributed by atoms with Crippen LogP contribution in [0.25, 0.3) is 5.57 Å². The van der Waals surface area contributed by atoms with Gasteiger partial charge in [0.1, 0.15) is 10.9 Å². The quantitative estimate of drug-likeness (QED) is 0.534. The summed E-state index contributed by atoms with van der Waals surface area (Å²) in [7, 11) is 0. The fourth-order valence-corrected chi connectivity index (χ4v) is 1.74. The highest BCUT2D eigenvalue weighted by molar-refractivity contribution is 6.29. The van der Waals surface area contributed by atoms with Gasteiger partial charge in [-0.1, -0.05) is 11.6 Å². The zero-order valence-corrected chi connectivity index (χ0v) is 13.5. The number of aromatic nitrogens is 1. The van der Waals surface area contributed by atoms with Crippen LogP contribution in [0.15, 0.2) is 18.5 Å². The number of ether oxygens (including phenoxy) is 1. The first-order valence-corrected chi connectivity index (χ1v) is 7.09. The van der Waals surface area contributed by atoms with Crippen LogP contribution in [0.1, 0.15) is 33.3 Å². The SMILES string of the molecule is CC(C)Oc1cc(Cl)ncc1/C(C=N)=C/NCC(C)(C)O. The first kappa shape index (κ1) is 17.5. The number of nitrogens with one attached hydrogen (secondary N) is 2. The fraction of sp³-hybridized carbons (Fsp3) is 0.467. The molecule has 1 heterocycles. The molecule has 0 amide bonds. The molecule has 0 fully saturated rings. The Hall–Kier alpha value is -1.59. The Kier molecular flexibility index (Phi) is 6.18. The van der Waals surface area contributed by atoms with Crippen molar-refractivity contribution in [1.82, 2.24) is 10.3 Å². The molecule has 0 unspecified atom stereocenters. The fourth-order valence-electron chi connectivity index (χ4n) is 1.59. The van der Waals surface area contributed by atoms with E-state index in [1.54, 1.807) is 32.3 Å². The highest BCUT2D eigenvalue weighted by Gasteiger charge is 2.13. The Morgan fingerprint density at radius 2 is 2.24 bits per heavy atom. The molecule has 0 radical (unpaired) electrons. The van der Waals surface area contributed by atoms with E-state index in [-0.39, 0.29) is 6.10 Å². The van der Waals surface area contributed by atoms with Crippen molar-refractivity contribution >= 4 is 23.4 Å². The number of aliphatic hydroxyl groups is 1. The molecule has 0 aliphatic rings. The van der Waals surface area contributed by atoms with Gasteiger partial charge in [-0.25, -0.2) is 4.98 Å². The van der Waals surface area contributed by atoms with Crippen molar-refractivity contribution in [2.75, 3.05) is 6.54 Å². The van der Waals surface area contributed by atoms with Crippen LogP contribution in [0.3, 0.4) is 0 Å². The van der Waals surface area contributed by atoms with Gasteiger partial charge >= 0.3 is 0 Å². The van der Waals surface area contributed by atoms with E-state index in [4.69, 9.17) is 21.7 Å². The first-order valence-electron chi connectivity index (χ1n) is 6.72. The molecule has 1 aromatic rings. The molecule has 5 nitrogen and oxygen atoms in total. The number of halogens is 1. The van der Waals surface area contributed by atoms with Gasteiger partial charge in [0.15, 0.2) is 0 Å². The van der Waals surface area contributed by atoms with Crippen molar-refractivity contribution in [2.45, 2.75) is 39.4 Å². The predicted octanol–water partition coefficient (Wildman–Crippen LogP) is 2.87. The zero-order chi connectivity index (χ0) is 16.0. The summed E-state index contributed by atoms with van der Waals surface area (Å²) in [5, 5.41) is 20.6. The first-order chi connectivity index (χ1) is 9.73. The van der Waals surface area contributed by atoms with Crippen LogP contribution < -0.4 is 10.1 Å². The highest BCUT2D eigenvalue weighted by atomic mass is 35.5.